The van der Waals surface area contributed by atoms with Gasteiger partial charge in [-0.3, -0.25) is 4.99 Å². The van der Waals surface area contributed by atoms with Crippen molar-refractivity contribution >= 4 is 17.3 Å². The average Bonchev–Trinajstić information content (AvgIpc) is 3.22. The Balaban J connectivity index is 1.46. The van der Waals surface area contributed by atoms with Gasteiger partial charge in [0.2, 0.25) is 0 Å². The first-order valence-electron chi connectivity index (χ1n) is 8.57. The van der Waals surface area contributed by atoms with E-state index in [9.17, 15) is 0 Å². The van der Waals surface area contributed by atoms with Gasteiger partial charge in [-0.1, -0.05) is 32.1 Å². The maximum absolute atomic E-state index is 4.48. The second-order valence-electron chi connectivity index (χ2n) is 6.72. The van der Waals surface area contributed by atoms with Gasteiger partial charge in [0.15, 0.2) is 5.96 Å². The average molecular weight is 321 g/mol. The van der Waals surface area contributed by atoms with Crippen LogP contribution in [-0.4, -0.2) is 24.0 Å². The third kappa shape index (κ3) is 3.80. The van der Waals surface area contributed by atoms with Crippen molar-refractivity contribution in [2.45, 2.75) is 65.0 Å². The lowest BCUT2D eigenvalue weighted by atomic mass is 9.85. The molecule has 1 aromatic rings. The van der Waals surface area contributed by atoms with Gasteiger partial charge in [0.1, 0.15) is 0 Å². The molecule has 2 unspecified atom stereocenters. The molecule has 4 nitrogen and oxygen atoms in total. The molecular formula is C17H28N4S. The molecule has 0 radical (unpaired) electrons. The monoisotopic (exact) mass is 320 g/mol. The van der Waals surface area contributed by atoms with Crippen LogP contribution in [-0.2, 0) is 6.54 Å². The summed E-state index contributed by atoms with van der Waals surface area (Å²) in [4.78, 5) is 10.2. The predicted molar refractivity (Wildman–Crippen MR) is 93.4 cm³/mol. The van der Waals surface area contributed by atoms with Crippen molar-refractivity contribution in [1.29, 1.82) is 0 Å². The molecule has 2 fully saturated rings. The van der Waals surface area contributed by atoms with Crippen LogP contribution in [0.3, 0.4) is 0 Å². The van der Waals surface area contributed by atoms with Crippen molar-refractivity contribution in [2.75, 3.05) is 7.05 Å². The highest BCUT2D eigenvalue weighted by Gasteiger charge is 2.43. The zero-order chi connectivity index (χ0) is 15.5. The summed E-state index contributed by atoms with van der Waals surface area (Å²) in [7, 11) is 1.86. The normalized spacial score (nSPS) is 26.0. The van der Waals surface area contributed by atoms with Crippen molar-refractivity contribution in [3.05, 3.63) is 15.6 Å². The first-order valence-corrected chi connectivity index (χ1v) is 9.39. The summed E-state index contributed by atoms with van der Waals surface area (Å²) in [6, 6.07) is 0.638. The molecule has 2 N–H and O–H groups in total. The molecule has 1 aromatic heterocycles. The molecule has 1 heterocycles. The smallest absolute Gasteiger partial charge is 0.191 e. The van der Waals surface area contributed by atoms with E-state index in [1.807, 2.05) is 7.05 Å². The first-order chi connectivity index (χ1) is 10.7. The number of guanidine groups is 1. The Labute approximate surface area is 137 Å². The van der Waals surface area contributed by atoms with Gasteiger partial charge < -0.3 is 10.6 Å². The summed E-state index contributed by atoms with van der Waals surface area (Å²) in [6.45, 7) is 4.96. The highest BCUT2D eigenvalue weighted by Crippen LogP contribution is 2.44. The minimum absolute atomic E-state index is 0.638. The van der Waals surface area contributed by atoms with Crippen LogP contribution in [0, 0.1) is 25.7 Å². The van der Waals surface area contributed by atoms with Crippen LogP contribution in [0.4, 0.5) is 0 Å². The third-order valence-corrected chi connectivity index (χ3v) is 6.13. The second-order valence-corrected chi connectivity index (χ2v) is 8.00. The fraction of sp³-hybridized carbons (Fsp3) is 0.765. The summed E-state index contributed by atoms with van der Waals surface area (Å²) in [5.41, 5.74) is 1.14. The maximum Gasteiger partial charge on any atom is 0.191 e. The van der Waals surface area contributed by atoms with Gasteiger partial charge in [0.25, 0.3) is 0 Å². The van der Waals surface area contributed by atoms with Crippen LogP contribution in [0.5, 0.6) is 0 Å². The second kappa shape index (κ2) is 6.99. The van der Waals surface area contributed by atoms with E-state index >= 15 is 0 Å². The lowest BCUT2D eigenvalue weighted by molar-refractivity contribution is 0.315. The largest absolute Gasteiger partial charge is 0.353 e. The van der Waals surface area contributed by atoms with E-state index in [0.717, 1.165) is 35.0 Å². The van der Waals surface area contributed by atoms with E-state index in [0.29, 0.717) is 6.04 Å². The fourth-order valence-electron chi connectivity index (χ4n) is 3.74. The molecule has 0 spiro atoms. The molecular weight excluding hydrogens is 292 g/mol. The van der Waals surface area contributed by atoms with Gasteiger partial charge in [-0.05, 0) is 32.1 Å². The first kappa shape index (κ1) is 15.8. The van der Waals surface area contributed by atoms with Crippen molar-refractivity contribution in [2.24, 2.45) is 16.8 Å². The van der Waals surface area contributed by atoms with Gasteiger partial charge in [-0.15, -0.1) is 11.3 Å². The summed E-state index contributed by atoms with van der Waals surface area (Å²) in [6.07, 6.45) is 8.51. The summed E-state index contributed by atoms with van der Waals surface area (Å²) >= 11 is 1.77. The molecule has 22 heavy (non-hydrogen) atoms. The van der Waals surface area contributed by atoms with Gasteiger partial charge in [-0.2, -0.15) is 0 Å². The minimum Gasteiger partial charge on any atom is -0.353 e. The third-order valence-electron chi connectivity index (χ3n) is 5.06. The number of aromatic nitrogens is 1. The molecule has 0 amide bonds. The molecule has 2 saturated carbocycles. The molecule has 122 valence electrons. The van der Waals surface area contributed by atoms with Crippen molar-refractivity contribution in [3.63, 3.8) is 0 Å². The Hall–Kier alpha value is -1.10. The van der Waals surface area contributed by atoms with Gasteiger partial charge >= 0.3 is 0 Å². The standard InChI is InChI=1S/C17H28N4S/c1-11-16(22-12(2)20-11)10-19-17(18-3)21-15-9-14(15)13-7-5-4-6-8-13/h13-15H,4-10H2,1-3H3,(H2,18,19,21). The van der Waals surface area contributed by atoms with Crippen LogP contribution in [0.2, 0.25) is 0 Å². The maximum atomic E-state index is 4.48. The molecule has 2 aliphatic carbocycles. The number of nitrogens with zero attached hydrogens (tertiary/aromatic N) is 2. The topological polar surface area (TPSA) is 49.3 Å². The summed E-state index contributed by atoms with van der Waals surface area (Å²) < 4.78 is 0. The number of rotatable bonds is 4. The number of hydrogen-bond donors (Lipinski definition) is 2. The summed E-state index contributed by atoms with van der Waals surface area (Å²) in [5, 5.41) is 8.19. The quantitative estimate of drug-likeness (QED) is 0.660. The van der Waals surface area contributed by atoms with Crippen LogP contribution in [0.25, 0.3) is 0 Å². The van der Waals surface area contributed by atoms with Crippen LogP contribution >= 0.6 is 11.3 Å². The Morgan fingerprint density at radius 2 is 2.05 bits per heavy atom. The van der Waals surface area contributed by atoms with Crippen LogP contribution < -0.4 is 10.6 Å². The number of nitrogens with one attached hydrogen (secondary N) is 2. The van der Waals surface area contributed by atoms with E-state index in [2.05, 4.69) is 34.5 Å². The highest BCUT2D eigenvalue weighted by molar-refractivity contribution is 7.11. The zero-order valence-electron chi connectivity index (χ0n) is 14.0. The van der Waals surface area contributed by atoms with E-state index < -0.39 is 0 Å². The van der Waals surface area contributed by atoms with Gasteiger partial charge in [0, 0.05) is 18.0 Å². The van der Waals surface area contributed by atoms with Crippen LogP contribution in [0.15, 0.2) is 4.99 Å². The van der Waals surface area contributed by atoms with Crippen LogP contribution in [0.1, 0.15) is 54.1 Å². The molecule has 3 rings (SSSR count). The Morgan fingerprint density at radius 1 is 1.27 bits per heavy atom. The summed E-state index contributed by atoms with van der Waals surface area (Å²) in [5.74, 6) is 2.77. The number of aryl methyl sites for hydroxylation is 2. The lowest BCUT2D eigenvalue weighted by Gasteiger charge is -2.22. The van der Waals surface area contributed by atoms with E-state index in [1.54, 1.807) is 11.3 Å². The fourth-order valence-corrected chi connectivity index (χ4v) is 4.61. The SMILES string of the molecule is CN=C(NCc1sc(C)nc1C)NC1CC1C1CCCCC1. The number of hydrogen-bond acceptors (Lipinski definition) is 3. The van der Waals surface area contributed by atoms with Crippen molar-refractivity contribution in [1.82, 2.24) is 15.6 Å². The number of thiazole rings is 1. The van der Waals surface area contributed by atoms with Gasteiger partial charge in [0.05, 0.1) is 17.2 Å². The van der Waals surface area contributed by atoms with E-state index in [1.165, 1.54) is 43.4 Å². The highest BCUT2D eigenvalue weighted by atomic mass is 32.1. The Bertz CT molecular complexity index is 531. The molecule has 0 bridgehead atoms. The molecule has 0 aliphatic heterocycles. The van der Waals surface area contributed by atoms with Gasteiger partial charge in [-0.25, -0.2) is 4.98 Å². The van der Waals surface area contributed by atoms with E-state index in [-0.39, 0.29) is 0 Å². The Kier molecular flexibility index (Phi) is 5.01. The molecule has 2 atom stereocenters. The molecule has 0 saturated heterocycles. The molecule has 0 aromatic carbocycles. The van der Waals surface area contributed by atoms with Crippen molar-refractivity contribution < 1.29 is 0 Å². The molecule has 5 heteroatoms. The predicted octanol–water partition coefficient (Wildman–Crippen LogP) is 3.39. The molecule has 2 aliphatic rings. The van der Waals surface area contributed by atoms with E-state index in [4.69, 9.17) is 0 Å². The Morgan fingerprint density at radius 3 is 2.68 bits per heavy atom. The van der Waals surface area contributed by atoms with Crippen molar-refractivity contribution in [3.8, 4) is 0 Å². The lowest BCUT2D eigenvalue weighted by Crippen LogP contribution is -2.39. The number of aliphatic imine (C=N–C) groups is 1. The minimum atomic E-state index is 0.638. The zero-order valence-corrected chi connectivity index (χ0v) is 14.8.